The molecule has 0 aliphatic carbocycles. The number of rotatable bonds is 13. The number of primary amides is 1. The predicted octanol–water partition coefficient (Wildman–Crippen LogP) is -2.63. The molecular weight excluding hydrogens is 480 g/mol. The molecule has 0 aliphatic heterocycles. The molecular formula is C21H28N6O7S. The van der Waals surface area contributed by atoms with Crippen molar-refractivity contribution in [3.8, 4) is 0 Å². The molecule has 0 saturated heterocycles. The average Bonchev–Trinajstić information content (AvgIpc) is 3.23. The number of nitrogens with two attached hydrogens (primary N) is 2. The van der Waals surface area contributed by atoms with Gasteiger partial charge in [-0.3, -0.25) is 19.2 Å². The first-order chi connectivity index (χ1) is 16.6. The molecule has 0 saturated carbocycles. The molecule has 35 heavy (non-hydrogen) atoms. The van der Waals surface area contributed by atoms with Gasteiger partial charge in [0.25, 0.3) is 0 Å². The molecule has 1 heterocycles. The third-order valence-corrected chi connectivity index (χ3v) is 5.49. The summed E-state index contributed by atoms with van der Waals surface area (Å²) in [4.78, 5) is 63.8. The van der Waals surface area contributed by atoms with Crippen LogP contribution < -0.4 is 27.4 Å². The van der Waals surface area contributed by atoms with Crippen LogP contribution in [0.1, 0.15) is 12.0 Å². The Morgan fingerprint density at radius 1 is 0.971 bits per heavy atom. The van der Waals surface area contributed by atoms with Gasteiger partial charge in [-0.25, -0.2) is 4.79 Å². The summed E-state index contributed by atoms with van der Waals surface area (Å²) in [6.07, 6.45) is 0.978. The predicted molar refractivity (Wildman–Crippen MR) is 128 cm³/mol. The number of thiol groups is 1. The van der Waals surface area contributed by atoms with Gasteiger partial charge >= 0.3 is 5.97 Å². The molecule has 1 aromatic heterocycles. The Morgan fingerprint density at radius 3 is 2.17 bits per heavy atom. The number of benzene rings is 1. The van der Waals surface area contributed by atoms with E-state index in [1.54, 1.807) is 24.4 Å². The second-order valence-corrected chi connectivity index (χ2v) is 8.09. The van der Waals surface area contributed by atoms with E-state index < -0.39 is 66.8 Å². The Labute approximate surface area is 205 Å². The van der Waals surface area contributed by atoms with Crippen molar-refractivity contribution in [2.75, 3.05) is 12.4 Å². The maximum atomic E-state index is 13.0. The van der Waals surface area contributed by atoms with Crippen LogP contribution in [0.5, 0.6) is 0 Å². The zero-order valence-corrected chi connectivity index (χ0v) is 19.5. The fraction of sp³-hybridized carbons (Fsp3) is 0.381. The van der Waals surface area contributed by atoms with Gasteiger partial charge in [-0.2, -0.15) is 12.6 Å². The van der Waals surface area contributed by atoms with E-state index in [0.29, 0.717) is 5.56 Å². The lowest BCUT2D eigenvalue weighted by molar-refractivity contribution is -0.143. The average molecular weight is 509 g/mol. The number of carbonyl (C=O) groups excluding carboxylic acids is 4. The Kier molecular flexibility index (Phi) is 10.1. The first-order valence-electron chi connectivity index (χ1n) is 10.5. The zero-order valence-electron chi connectivity index (χ0n) is 18.6. The summed E-state index contributed by atoms with van der Waals surface area (Å²) in [5.74, 6) is -4.97. The Hall–Kier alpha value is -3.62. The second kappa shape index (κ2) is 12.7. The molecule has 10 N–H and O–H groups in total. The molecule has 0 bridgehead atoms. The summed E-state index contributed by atoms with van der Waals surface area (Å²) < 4.78 is 0. The van der Waals surface area contributed by atoms with Crippen molar-refractivity contribution < 1.29 is 34.2 Å². The molecule has 4 unspecified atom stereocenters. The Bertz CT molecular complexity index is 1090. The lowest BCUT2D eigenvalue weighted by Gasteiger charge is -2.24. The summed E-state index contributed by atoms with van der Waals surface area (Å²) >= 11 is 3.92. The highest BCUT2D eigenvalue weighted by molar-refractivity contribution is 7.80. The molecule has 190 valence electrons. The normalized spacial score (nSPS) is 14.4. The number of aliphatic hydroxyl groups is 1. The molecule has 0 aliphatic rings. The number of amides is 4. The number of carboxylic acids is 1. The van der Waals surface area contributed by atoms with Gasteiger partial charge in [-0.15, -0.1) is 0 Å². The summed E-state index contributed by atoms with van der Waals surface area (Å²) in [7, 11) is 0. The van der Waals surface area contributed by atoms with Crippen molar-refractivity contribution in [3.63, 3.8) is 0 Å². The molecule has 2 rings (SSSR count). The van der Waals surface area contributed by atoms with Gasteiger partial charge in [0, 0.05) is 29.3 Å². The van der Waals surface area contributed by atoms with E-state index in [1.165, 1.54) is 0 Å². The fourth-order valence-electron chi connectivity index (χ4n) is 3.23. The number of nitrogens with one attached hydrogen (secondary N) is 4. The minimum atomic E-state index is -1.61. The van der Waals surface area contributed by atoms with Crippen LogP contribution in [0.15, 0.2) is 30.5 Å². The highest BCUT2D eigenvalue weighted by Crippen LogP contribution is 2.19. The van der Waals surface area contributed by atoms with E-state index in [4.69, 9.17) is 16.6 Å². The number of hydrogen-bond donors (Lipinski definition) is 9. The maximum Gasteiger partial charge on any atom is 0.328 e. The number of aromatic nitrogens is 1. The number of carbonyl (C=O) groups is 5. The monoisotopic (exact) mass is 508 g/mol. The van der Waals surface area contributed by atoms with E-state index in [0.717, 1.165) is 10.9 Å². The van der Waals surface area contributed by atoms with Crippen LogP contribution in [0, 0.1) is 0 Å². The molecule has 2 aromatic rings. The number of aromatic amines is 1. The fourth-order valence-corrected chi connectivity index (χ4v) is 3.40. The van der Waals surface area contributed by atoms with Crippen molar-refractivity contribution in [1.82, 2.24) is 20.9 Å². The van der Waals surface area contributed by atoms with Crippen LogP contribution in [0.4, 0.5) is 0 Å². The molecule has 4 amide bonds. The minimum Gasteiger partial charge on any atom is -0.480 e. The lowest BCUT2D eigenvalue weighted by Crippen LogP contribution is -2.58. The van der Waals surface area contributed by atoms with E-state index >= 15 is 0 Å². The Balaban J connectivity index is 2.31. The van der Waals surface area contributed by atoms with Gasteiger partial charge < -0.3 is 42.6 Å². The van der Waals surface area contributed by atoms with Crippen molar-refractivity contribution in [1.29, 1.82) is 0 Å². The minimum absolute atomic E-state index is 0.0277. The van der Waals surface area contributed by atoms with Crippen LogP contribution in [0.25, 0.3) is 10.9 Å². The molecule has 0 spiro atoms. The van der Waals surface area contributed by atoms with E-state index in [-0.39, 0.29) is 12.2 Å². The quantitative estimate of drug-likeness (QED) is 0.130. The molecule has 14 heteroatoms. The zero-order chi connectivity index (χ0) is 26.1. The number of aliphatic carboxylic acids is 1. The van der Waals surface area contributed by atoms with E-state index in [1.807, 2.05) is 6.07 Å². The van der Waals surface area contributed by atoms with Gasteiger partial charge in [-0.05, 0) is 11.6 Å². The summed E-state index contributed by atoms with van der Waals surface area (Å²) in [5, 5.41) is 26.1. The maximum absolute atomic E-state index is 13.0. The SMILES string of the molecule is NC(=O)CC(NC(=O)C(N)CS)C(=O)NC(Cc1c[nH]c2ccccc12)C(=O)NC(CO)C(=O)O. The summed E-state index contributed by atoms with van der Waals surface area (Å²) in [5.41, 5.74) is 12.2. The van der Waals surface area contributed by atoms with Crippen LogP contribution in [-0.2, 0) is 30.4 Å². The largest absolute Gasteiger partial charge is 0.480 e. The third kappa shape index (κ3) is 7.70. The molecule has 4 atom stereocenters. The first-order valence-corrected chi connectivity index (χ1v) is 11.1. The van der Waals surface area contributed by atoms with Crippen molar-refractivity contribution in [2.45, 2.75) is 37.0 Å². The van der Waals surface area contributed by atoms with Crippen molar-refractivity contribution >= 4 is 53.1 Å². The molecule has 1 aromatic carbocycles. The number of carboxylic acid groups (broad SMARTS) is 1. The van der Waals surface area contributed by atoms with Crippen LogP contribution in [-0.4, -0.2) is 81.3 Å². The second-order valence-electron chi connectivity index (χ2n) is 7.73. The highest BCUT2D eigenvalue weighted by Gasteiger charge is 2.31. The summed E-state index contributed by atoms with van der Waals surface area (Å²) in [6, 6.07) is 1.73. The molecule has 0 fully saturated rings. The number of fused-ring (bicyclic) bond motifs is 1. The molecule has 0 radical (unpaired) electrons. The van der Waals surface area contributed by atoms with Gasteiger partial charge in [-0.1, -0.05) is 18.2 Å². The van der Waals surface area contributed by atoms with Crippen LogP contribution in [0.2, 0.25) is 0 Å². The number of para-hydroxylation sites is 1. The van der Waals surface area contributed by atoms with Gasteiger partial charge in [0.15, 0.2) is 0 Å². The van der Waals surface area contributed by atoms with Crippen LogP contribution >= 0.6 is 12.6 Å². The highest BCUT2D eigenvalue weighted by atomic mass is 32.1. The smallest absolute Gasteiger partial charge is 0.328 e. The van der Waals surface area contributed by atoms with Crippen molar-refractivity contribution in [3.05, 3.63) is 36.0 Å². The van der Waals surface area contributed by atoms with Crippen LogP contribution in [0.3, 0.4) is 0 Å². The third-order valence-electron chi connectivity index (χ3n) is 5.10. The van der Waals surface area contributed by atoms with Gasteiger partial charge in [0.2, 0.25) is 23.6 Å². The lowest BCUT2D eigenvalue weighted by atomic mass is 10.0. The topological polar surface area (TPSA) is 230 Å². The number of hydrogen-bond acceptors (Lipinski definition) is 8. The van der Waals surface area contributed by atoms with E-state index in [9.17, 15) is 29.1 Å². The number of H-pyrrole nitrogens is 1. The molecule has 13 nitrogen and oxygen atoms in total. The Morgan fingerprint density at radius 2 is 1.57 bits per heavy atom. The van der Waals surface area contributed by atoms with Gasteiger partial charge in [0.05, 0.1) is 19.1 Å². The standard InChI is InChI=1S/C21H28N6O7S/c22-12(9-35)18(30)25-15(6-17(23)29)20(32)26-14(19(31)27-16(8-28)21(33)34)5-10-7-24-13-4-2-1-3-11(10)13/h1-4,7,12,14-16,24,28,35H,5-6,8-9,22H2,(H2,23,29)(H,25,30)(H,26,32)(H,27,31)(H,33,34). The number of aliphatic hydroxyl groups excluding tert-OH is 1. The van der Waals surface area contributed by atoms with Crippen molar-refractivity contribution in [2.24, 2.45) is 11.5 Å². The van der Waals surface area contributed by atoms with Gasteiger partial charge in [0.1, 0.15) is 18.1 Å². The summed E-state index contributed by atoms with van der Waals surface area (Å²) in [6.45, 7) is -0.878. The first kappa shape index (κ1) is 27.6. The van der Waals surface area contributed by atoms with E-state index in [2.05, 4.69) is 33.6 Å².